The van der Waals surface area contributed by atoms with E-state index in [1.807, 2.05) is 36.4 Å². The molecule has 2 aromatic rings. The molecular formula is C40H74O14P2. The van der Waals surface area contributed by atoms with E-state index in [1.54, 1.807) is 0 Å². The van der Waals surface area contributed by atoms with Crippen molar-refractivity contribution in [3.05, 3.63) is 59.7 Å². The largest absolute Gasteiger partial charge is 0.492 e. The number of para-hydroxylation sites is 2. The van der Waals surface area contributed by atoms with E-state index in [1.165, 1.54) is 77.0 Å². The maximum Gasteiger partial charge on any atom is 0.324 e. The lowest BCUT2D eigenvalue weighted by Crippen LogP contribution is -2.39. The van der Waals surface area contributed by atoms with Crippen molar-refractivity contribution in [1.82, 2.24) is 0 Å². The number of benzene rings is 2. The molecule has 0 unspecified atom stereocenters. The number of aryl methyl sites for hydroxylation is 2. The van der Waals surface area contributed by atoms with Gasteiger partial charge in [0.25, 0.3) is 0 Å². The predicted molar refractivity (Wildman–Crippen MR) is 222 cm³/mol. The highest BCUT2D eigenvalue weighted by atomic mass is 31.2. The first-order valence-corrected chi connectivity index (χ1v) is 22.1. The fraction of sp³-hybridized carbons (Fsp3) is 0.700. The summed E-state index contributed by atoms with van der Waals surface area (Å²) in [6.45, 7) is 2.83. The molecule has 14 nitrogen and oxygen atoms in total. The van der Waals surface area contributed by atoms with Gasteiger partial charge in [0.15, 0.2) is 0 Å². The monoisotopic (exact) mass is 840 g/mol. The highest BCUT2D eigenvalue weighted by molar-refractivity contribution is 7.38. The molecule has 0 saturated heterocycles. The van der Waals surface area contributed by atoms with Crippen molar-refractivity contribution >= 4 is 17.2 Å². The van der Waals surface area contributed by atoms with Crippen LogP contribution in [0, 0.1) is 10.8 Å². The molecule has 0 bridgehead atoms. The minimum Gasteiger partial charge on any atom is -0.492 e. The first kappa shape index (κ1) is 56.5. The van der Waals surface area contributed by atoms with E-state index in [2.05, 4.69) is 26.0 Å². The number of hydrogen-bond acceptors (Lipinski definition) is 14. The molecule has 2 aromatic carbocycles. The molecule has 0 amide bonds. The summed E-state index contributed by atoms with van der Waals surface area (Å²) in [4.78, 5) is 43.4. The average Bonchev–Trinajstić information content (AvgIpc) is 3.19. The number of aliphatic hydroxyl groups is 6. The van der Waals surface area contributed by atoms with E-state index in [0.717, 1.165) is 48.3 Å². The molecule has 2 rings (SSSR count). The van der Waals surface area contributed by atoms with E-state index >= 15 is 0 Å². The number of rotatable bonds is 28. The minimum absolute atomic E-state index is 0.102. The highest BCUT2D eigenvalue weighted by Crippen LogP contribution is 2.26. The van der Waals surface area contributed by atoms with E-state index in [4.69, 9.17) is 38.8 Å². The van der Waals surface area contributed by atoms with Crippen LogP contribution in [-0.4, -0.2) is 113 Å². The molecule has 12 N–H and O–H groups in total. The van der Waals surface area contributed by atoms with Gasteiger partial charge in [-0.1, -0.05) is 127 Å². The Morgan fingerprint density at radius 3 is 0.929 bits per heavy atom. The molecule has 56 heavy (non-hydrogen) atoms. The van der Waals surface area contributed by atoms with Crippen LogP contribution in [0.1, 0.15) is 115 Å². The van der Waals surface area contributed by atoms with Gasteiger partial charge in [-0.3, -0.25) is 0 Å². The summed E-state index contributed by atoms with van der Waals surface area (Å²) in [5.41, 5.74) is 0.307. The maximum atomic E-state index is 9.39. The third-order valence-electron chi connectivity index (χ3n) is 9.12. The van der Waals surface area contributed by atoms with Crippen LogP contribution >= 0.6 is 17.2 Å². The Morgan fingerprint density at radius 2 is 0.661 bits per heavy atom. The predicted octanol–water partition coefficient (Wildman–Crippen LogP) is 5.02. The Bertz CT molecular complexity index is 1030. The van der Waals surface area contributed by atoms with Gasteiger partial charge in [0.1, 0.15) is 24.7 Å². The third-order valence-corrected chi connectivity index (χ3v) is 9.12. The summed E-state index contributed by atoms with van der Waals surface area (Å²) in [7, 11) is -5.24. The molecular weight excluding hydrogens is 766 g/mol. The van der Waals surface area contributed by atoms with Gasteiger partial charge in [0.2, 0.25) is 0 Å². The van der Waals surface area contributed by atoms with Gasteiger partial charge in [-0.2, -0.15) is 0 Å². The molecule has 0 fully saturated rings. The van der Waals surface area contributed by atoms with Gasteiger partial charge in [0.05, 0.1) is 50.5 Å². The third kappa shape index (κ3) is 29.6. The van der Waals surface area contributed by atoms with Crippen molar-refractivity contribution in [2.75, 3.05) is 52.9 Å². The maximum absolute atomic E-state index is 9.39. The number of unbranched alkanes of at least 4 members (excludes halogenated alkanes) is 12. The van der Waals surface area contributed by atoms with E-state index in [-0.39, 0.29) is 52.9 Å². The van der Waals surface area contributed by atoms with E-state index in [0.29, 0.717) is 0 Å². The Balaban J connectivity index is 0. The minimum atomic E-state index is -2.62. The van der Waals surface area contributed by atoms with Gasteiger partial charge in [0, 0.05) is 0 Å². The summed E-state index contributed by atoms with van der Waals surface area (Å²) in [6.07, 6.45) is 19.8. The fourth-order valence-electron chi connectivity index (χ4n) is 5.28. The zero-order valence-electron chi connectivity index (χ0n) is 33.7. The summed E-state index contributed by atoms with van der Waals surface area (Å²) in [6, 6.07) is 15.8. The quantitative estimate of drug-likeness (QED) is 0.0397. The lowest BCUT2D eigenvalue weighted by atomic mass is 9.92. The first-order chi connectivity index (χ1) is 26.9. The smallest absolute Gasteiger partial charge is 0.324 e. The summed E-state index contributed by atoms with van der Waals surface area (Å²) < 4.78 is 11.6. The van der Waals surface area contributed by atoms with Crippen LogP contribution in [0.25, 0.3) is 0 Å². The highest BCUT2D eigenvalue weighted by Gasteiger charge is 2.30. The Kier molecular flexibility index (Phi) is 38.0. The first-order valence-electron chi connectivity index (χ1n) is 19.7. The molecule has 0 radical (unpaired) electrons. The number of aliphatic hydroxyl groups excluding tert-OH is 6. The normalized spacial score (nSPS) is 11.3. The SMILES string of the molecule is CCCCCCCCCc1ccccc1OCC(CO)(CO)CO.CCCCCCCCCc1ccccc1OCC(CO)(CO)CO.OP(O)O.OP(O)O. The Morgan fingerprint density at radius 1 is 0.411 bits per heavy atom. The van der Waals surface area contributed by atoms with Crippen molar-refractivity contribution < 1.29 is 69.5 Å². The van der Waals surface area contributed by atoms with Crippen molar-refractivity contribution in [3.8, 4) is 11.5 Å². The van der Waals surface area contributed by atoms with E-state index in [9.17, 15) is 30.6 Å². The lowest BCUT2D eigenvalue weighted by molar-refractivity contribution is -0.0264. The Hall–Kier alpha value is -1.58. The van der Waals surface area contributed by atoms with Crippen LogP contribution in [0.2, 0.25) is 0 Å². The van der Waals surface area contributed by atoms with Crippen LogP contribution in [0.4, 0.5) is 0 Å². The molecule has 0 spiro atoms. The molecule has 0 saturated carbocycles. The van der Waals surface area contributed by atoms with Crippen LogP contribution in [-0.2, 0) is 12.8 Å². The van der Waals surface area contributed by atoms with Crippen LogP contribution in [0.15, 0.2) is 48.5 Å². The zero-order chi connectivity index (χ0) is 42.5. The second-order valence-corrected chi connectivity index (χ2v) is 15.1. The molecule has 0 aromatic heterocycles. The van der Waals surface area contributed by atoms with Crippen molar-refractivity contribution in [2.24, 2.45) is 10.8 Å². The topological polar surface area (TPSA) is 261 Å². The fourth-order valence-corrected chi connectivity index (χ4v) is 5.28. The van der Waals surface area contributed by atoms with Gasteiger partial charge in [-0.15, -0.1) is 0 Å². The molecule has 0 heterocycles. The van der Waals surface area contributed by atoms with Gasteiger partial charge < -0.3 is 69.5 Å². The van der Waals surface area contributed by atoms with Crippen LogP contribution < -0.4 is 9.47 Å². The summed E-state index contributed by atoms with van der Waals surface area (Å²) in [5, 5.41) is 56.3. The number of hydrogen-bond donors (Lipinski definition) is 12. The number of ether oxygens (including phenoxy) is 2. The molecule has 0 aliphatic heterocycles. The standard InChI is InChI=1S/2C20H34O4.2H3O3P/c2*1-2-3-4-5-6-7-8-11-18-12-9-10-13-19(18)24-17-20(14-21,15-22)16-23;2*1-4(2)3/h2*9-10,12-13,21-23H,2-8,11,14-17H2,1H3;2*1-3H. The van der Waals surface area contributed by atoms with Crippen molar-refractivity contribution in [1.29, 1.82) is 0 Å². The van der Waals surface area contributed by atoms with Crippen LogP contribution in [0.3, 0.4) is 0 Å². The summed E-state index contributed by atoms with van der Waals surface area (Å²) >= 11 is 0. The van der Waals surface area contributed by atoms with Crippen molar-refractivity contribution in [2.45, 2.75) is 117 Å². The van der Waals surface area contributed by atoms with Gasteiger partial charge in [-0.05, 0) is 48.9 Å². The Labute approximate surface area is 337 Å². The lowest BCUT2D eigenvalue weighted by Gasteiger charge is -2.27. The average molecular weight is 841 g/mol. The molecule has 16 heteroatoms. The van der Waals surface area contributed by atoms with Gasteiger partial charge >= 0.3 is 17.2 Å². The molecule has 0 aliphatic rings. The molecule has 0 aliphatic carbocycles. The molecule has 328 valence electrons. The van der Waals surface area contributed by atoms with E-state index < -0.39 is 28.0 Å². The van der Waals surface area contributed by atoms with Gasteiger partial charge in [-0.25, -0.2) is 0 Å². The van der Waals surface area contributed by atoms with Crippen LogP contribution in [0.5, 0.6) is 11.5 Å². The molecule has 0 atom stereocenters. The van der Waals surface area contributed by atoms with Crippen molar-refractivity contribution in [3.63, 3.8) is 0 Å². The second-order valence-electron chi connectivity index (χ2n) is 14.0. The summed E-state index contributed by atoms with van der Waals surface area (Å²) in [5.74, 6) is 1.56. The zero-order valence-corrected chi connectivity index (χ0v) is 35.5. The second kappa shape index (κ2) is 37.7.